The van der Waals surface area contributed by atoms with Gasteiger partial charge in [-0.1, -0.05) is 0 Å². The third kappa shape index (κ3) is 3.27. The highest BCUT2D eigenvalue weighted by molar-refractivity contribution is 7.91. The molecule has 1 rings (SSSR count). The van der Waals surface area contributed by atoms with Crippen LogP contribution in [0.5, 0.6) is 0 Å². The minimum absolute atomic E-state index is 0.125. The summed E-state index contributed by atoms with van der Waals surface area (Å²) in [5, 5.41) is 4.76. The molecule has 1 aromatic rings. The lowest BCUT2D eigenvalue weighted by molar-refractivity contribution is 0.555. The number of aryl methyl sites for hydroxylation is 1. The molecule has 0 aromatic carbocycles. The predicted molar refractivity (Wildman–Crippen MR) is 62.8 cm³/mol. The Hall–Kier alpha value is -0.430. The molecule has 1 heterocycles. The van der Waals surface area contributed by atoms with Crippen LogP contribution in [0.15, 0.2) is 15.7 Å². The molecule has 0 saturated carbocycles. The maximum absolute atomic E-state index is 11.8. The number of hydrogen-bond donors (Lipinski definition) is 2. The van der Waals surface area contributed by atoms with Gasteiger partial charge in [-0.05, 0) is 37.9 Å². The number of sulfonamides is 1. The molecular weight excluding hydrogens is 232 g/mol. The summed E-state index contributed by atoms with van der Waals surface area (Å²) in [5.41, 5.74) is 0.796. The average molecular weight is 248 g/mol. The third-order valence-electron chi connectivity index (χ3n) is 2.13. The Kier molecular flexibility index (Phi) is 4.27. The molecule has 15 heavy (non-hydrogen) atoms. The quantitative estimate of drug-likeness (QED) is 0.815. The van der Waals surface area contributed by atoms with E-state index in [4.69, 9.17) is 0 Å². The molecule has 1 unspecified atom stereocenters. The summed E-state index contributed by atoms with van der Waals surface area (Å²) in [4.78, 5) is 0. The largest absolute Gasteiger partial charge is 0.316 e. The van der Waals surface area contributed by atoms with Crippen molar-refractivity contribution in [3.8, 4) is 0 Å². The van der Waals surface area contributed by atoms with Gasteiger partial charge in [-0.3, -0.25) is 0 Å². The molecule has 0 bridgehead atoms. The van der Waals surface area contributed by atoms with E-state index >= 15 is 0 Å². The number of hydrogen-bond acceptors (Lipinski definition) is 4. The van der Waals surface area contributed by atoms with Crippen LogP contribution >= 0.6 is 11.3 Å². The number of nitrogens with one attached hydrogen (secondary N) is 2. The SMILES string of the molecule is CNC(C)CNS(=O)(=O)c1sccc1C. The fraction of sp³-hybridized carbons (Fsp3) is 0.556. The molecule has 1 atom stereocenters. The zero-order valence-electron chi connectivity index (χ0n) is 9.07. The van der Waals surface area contributed by atoms with Crippen molar-refractivity contribution in [3.05, 3.63) is 17.0 Å². The minimum atomic E-state index is -3.32. The number of rotatable bonds is 5. The van der Waals surface area contributed by atoms with Gasteiger partial charge in [-0.25, -0.2) is 13.1 Å². The molecule has 0 spiro atoms. The molecule has 0 aliphatic heterocycles. The number of thiophene rings is 1. The summed E-state index contributed by atoms with van der Waals surface area (Å²) in [6, 6.07) is 1.93. The van der Waals surface area contributed by atoms with Gasteiger partial charge in [0.2, 0.25) is 10.0 Å². The molecule has 1 aromatic heterocycles. The Morgan fingerprint density at radius 2 is 2.20 bits per heavy atom. The van der Waals surface area contributed by atoms with Gasteiger partial charge >= 0.3 is 0 Å². The Morgan fingerprint density at radius 1 is 1.53 bits per heavy atom. The molecule has 0 radical (unpaired) electrons. The molecule has 4 nitrogen and oxygen atoms in total. The summed E-state index contributed by atoms with van der Waals surface area (Å²) < 4.78 is 26.6. The van der Waals surface area contributed by atoms with Gasteiger partial charge in [-0.15, -0.1) is 11.3 Å². The van der Waals surface area contributed by atoms with Gasteiger partial charge in [0.05, 0.1) is 0 Å². The lowest BCUT2D eigenvalue weighted by atomic mass is 10.4. The second-order valence-corrected chi connectivity index (χ2v) is 6.31. The maximum atomic E-state index is 11.8. The van der Waals surface area contributed by atoms with Crippen molar-refractivity contribution in [3.63, 3.8) is 0 Å². The van der Waals surface area contributed by atoms with Crippen molar-refractivity contribution in [1.29, 1.82) is 0 Å². The van der Waals surface area contributed by atoms with Crippen LogP contribution in [0.1, 0.15) is 12.5 Å². The molecule has 0 aliphatic rings. The van der Waals surface area contributed by atoms with Crippen molar-refractivity contribution in [2.45, 2.75) is 24.1 Å². The fourth-order valence-electron chi connectivity index (χ4n) is 1.04. The van der Waals surface area contributed by atoms with Crippen LogP contribution in [-0.4, -0.2) is 28.1 Å². The van der Waals surface area contributed by atoms with Crippen LogP contribution in [0, 0.1) is 6.92 Å². The highest BCUT2D eigenvalue weighted by Crippen LogP contribution is 2.21. The van der Waals surface area contributed by atoms with Crippen LogP contribution in [0.2, 0.25) is 0 Å². The summed E-state index contributed by atoms with van der Waals surface area (Å²) >= 11 is 1.24. The molecule has 0 saturated heterocycles. The third-order valence-corrected chi connectivity index (χ3v) is 5.24. The molecule has 2 N–H and O–H groups in total. The van der Waals surface area contributed by atoms with Crippen LogP contribution in [0.3, 0.4) is 0 Å². The van der Waals surface area contributed by atoms with E-state index in [2.05, 4.69) is 10.0 Å². The molecular formula is C9H16N2O2S2. The van der Waals surface area contributed by atoms with E-state index in [0.717, 1.165) is 5.56 Å². The average Bonchev–Trinajstić information content (AvgIpc) is 2.61. The zero-order chi connectivity index (χ0) is 11.5. The van der Waals surface area contributed by atoms with E-state index in [-0.39, 0.29) is 6.04 Å². The summed E-state index contributed by atoms with van der Waals surface area (Å²) in [7, 11) is -1.52. The van der Waals surface area contributed by atoms with Gasteiger partial charge in [0.25, 0.3) is 0 Å². The van der Waals surface area contributed by atoms with E-state index in [0.29, 0.717) is 10.8 Å². The second kappa shape index (κ2) is 5.07. The van der Waals surface area contributed by atoms with E-state index in [1.165, 1.54) is 11.3 Å². The summed E-state index contributed by atoms with van der Waals surface area (Å²) in [6.45, 7) is 4.12. The van der Waals surface area contributed by atoms with Crippen molar-refractivity contribution < 1.29 is 8.42 Å². The summed E-state index contributed by atoms with van der Waals surface area (Å²) in [5.74, 6) is 0. The standard InChI is InChI=1S/C9H16N2O2S2/c1-7-4-5-14-9(7)15(12,13)11-6-8(2)10-3/h4-5,8,10-11H,6H2,1-3H3. The molecule has 6 heteroatoms. The lowest BCUT2D eigenvalue weighted by Crippen LogP contribution is -2.37. The Bertz CT molecular complexity index is 412. The molecule has 0 aliphatic carbocycles. The fourth-order valence-corrected chi connectivity index (χ4v) is 3.63. The Morgan fingerprint density at radius 3 is 2.67 bits per heavy atom. The minimum Gasteiger partial charge on any atom is -0.316 e. The van der Waals surface area contributed by atoms with Gasteiger partial charge < -0.3 is 5.32 Å². The Balaban J connectivity index is 2.73. The topological polar surface area (TPSA) is 58.2 Å². The van der Waals surface area contributed by atoms with Crippen molar-refractivity contribution in [1.82, 2.24) is 10.0 Å². The monoisotopic (exact) mass is 248 g/mol. The number of likely N-dealkylation sites (N-methyl/N-ethyl adjacent to an activating group) is 1. The second-order valence-electron chi connectivity index (χ2n) is 3.43. The smallest absolute Gasteiger partial charge is 0.250 e. The first-order valence-corrected chi connectivity index (χ1v) is 7.04. The highest BCUT2D eigenvalue weighted by Gasteiger charge is 2.18. The lowest BCUT2D eigenvalue weighted by Gasteiger charge is -2.11. The van der Waals surface area contributed by atoms with Gasteiger partial charge in [0.15, 0.2) is 0 Å². The molecule has 86 valence electrons. The Labute approximate surface area is 94.8 Å². The van der Waals surface area contributed by atoms with Gasteiger partial charge in [0, 0.05) is 12.6 Å². The van der Waals surface area contributed by atoms with Crippen LogP contribution in [0.25, 0.3) is 0 Å². The highest BCUT2D eigenvalue weighted by atomic mass is 32.2. The molecule has 0 fully saturated rings. The van der Waals surface area contributed by atoms with Crippen LogP contribution in [0.4, 0.5) is 0 Å². The van der Waals surface area contributed by atoms with Crippen molar-refractivity contribution in [2.24, 2.45) is 0 Å². The normalized spacial score (nSPS) is 14.1. The summed E-state index contributed by atoms with van der Waals surface area (Å²) in [6.07, 6.45) is 0. The molecule has 0 amide bonds. The van der Waals surface area contributed by atoms with Crippen LogP contribution in [-0.2, 0) is 10.0 Å². The van der Waals surface area contributed by atoms with Gasteiger partial charge in [-0.2, -0.15) is 0 Å². The van der Waals surface area contributed by atoms with Gasteiger partial charge in [0.1, 0.15) is 4.21 Å². The zero-order valence-corrected chi connectivity index (χ0v) is 10.7. The van der Waals surface area contributed by atoms with Crippen molar-refractivity contribution >= 4 is 21.4 Å². The van der Waals surface area contributed by atoms with E-state index in [1.807, 2.05) is 6.92 Å². The predicted octanol–water partition coefficient (Wildman–Crippen LogP) is 0.943. The van der Waals surface area contributed by atoms with Crippen molar-refractivity contribution in [2.75, 3.05) is 13.6 Å². The maximum Gasteiger partial charge on any atom is 0.250 e. The first-order valence-electron chi connectivity index (χ1n) is 4.68. The first-order chi connectivity index (χ1) is 6.97. The van der Waals surface area contributed by atoms with Crippen LogP contribution < -0.4 is 10.0 Å². The van der Waals surface area contributed by atoms with E-state index in [9.17, 15) is 8.42 Å². The first kappa shape index (κ1) is 12.6. The van der Waals surface area contributed by atoms with E-state index in [1.54, 1.807) is 25.4 Å². The van der Waals surface area contributed by atoms with E-state index < -0.39 is 10.0 Å².